The number of hydrogen-bond donors (Lipinski definition) is 1. The van der Waals surface area contributed by atoms with E-state index in [0.717, 1.165) is 39.3 Å². The van der Waals surface area contributed by atoms with Crippen molar-refractivity contribution < 1.29 is 13.9 Å². The van der Waals surface area contributed by atoms with Gasteiger partial charge in [0.25, 0.3) is 0 Å². The Morgan fingerprint density at radius 1 is 1.19 bits per heavy atom. The van der Waals surface area contributed by atoms with Crippen molar-refractivity contribution in [3.63, 3.8) is 0 Å². The van der Waals surface area contributed by atoms with E-state index in [1.165, 1.54) is 12.1 Å². The van der Waals surface area contributed by atoms with E-state index < -0.39 is 0 Å². The van der Waals surface area contributed by atoms with Crippen molar-refractivity contribution in [2.24, 2.45) is 0 Å². The first kappa shape index (κ1) is 17.2. The second kappa shape index (κ2) is 7.19. The maximum atomic E-state index is 12.9. The van der Waals surface area contributed by atoms with Gasteiger partial charge in [0.05, 0.1) is 6.20 Å². The van der Waals surface area contributed by atoms with Crippen LogP contribution in [0.1, 0.15) is 23.1 Å². The standard InChI is InChI=1S/C22H19FN2O2/c1-14-11-24-12-20-22(14)19-8-7-18(10-16(19)13-27-20)25-21(26)9-4-15-2-5-17(23)6-3-15/h2-3,5-8,10-12H,4,9,13H2,1H3,(H,25,26). The third-order valence-corrected chi connectivity index (χ3v) is 4.70. The normalized spacial score (nSPS) is 11.9. The zero-order valence-electron chi connectivity index (χ0n) is 15.0. The van der Waals surface area contributed by atoms with E-state index in [1.54, 1.807) is 18.3 Å². The number of carbonyl (C=O) groups excluding carboxylic acids is 1. The van der Waals surface area contributed by atoms with Gasteiger partial charge in [-0.15, -0.1) is 0 Å². The predicted molar refractivity (Wildman–Crippen MR) is 102 cm³/mol. The molecule has 4 rings (SSSR count). The zero-order valence-corrected chi connectivity index (χ0v) is 15.0. The Balaban J connectivity index is 1.46. The fourth-order valence-electron chi connectivity index (χ4n) is 3.32. The molecular formula is C22H19FN2O2. The number of nitrogens with one attached hydrogen (secondary N) is 1. The number of benzene rings is 2. The Hall–Kier alpha value is -3.21. The minimum absolute atomic E-state index is 0.0724. The number of amides is 1. The summed E-state index contributed by atoms with van der Waals surface area (Å²) in [5, 5.41) is 2.93. The van der Waals surface area contributed by atoms with Gasteiger partial charge in [0.1, 0.15) is 18.2 Å². The highest BCUT2D eigenvalue weighted by molar-refractivity contribution is 5.91. The van der Waals surface area contributed by atoms with Gasteiger partial charge in [-0.05, 0) is 59.9 Å². The van der Waals surface area contributed by atoms with Gasteiger partial charge in [-0.25, -0.2) is 4.39 Å². The maximum absolute atomic E-state index is 12.9. The number of aryl methyl sites for hydroxylation is 2. The number of hydrogen-bond acceptors (Lipinski definition) is 3. The quantitative estimate of drug-likeness (QED) is 0.734. The lowest BCUT2D eigenvalue weighted by molar-refractivity contribution is -0.116. The molecule has 1 N–H and O–H groups in total. The van der Waals surface area contributed by atoms with Crippen LogP contribution in [0.25, 0.3) is 11.1 Å². The van der Waals surface area contributed by atoms with Crippen molar-refractivity contribution in [2.45, 2.75) is 26.4 Å². The summed E-state index contributed by atoms with van der Waals surface area (Å²) in [7, 11) is 0. The van der Waals surface area contributed by atoms with Crippen molar-refractivity contribution in [1.82, 2.24) is 4.98 Å². The van der Waals surface area contributed by atoms with Crippen molar-refractivity contribution in [2.75, 3.05) is 5.32 Å². The van der Waals surface area contributed by atoms with Crippen LogP contribution in [-0.2, 0) is 17.8 Å². The molecule has 1 aliphatic rings. The van der Waals surface area contributed by atoms with Gasteiger partial charge in [-0.3, -0.25) is 9.78 Å². The summed E-state index contributed by atoms with van der Waals surface area (Å²) in [5.41, 5.74) is 5.95. The van der Waals surface area contributed by atoms with Crippen molar-refractivity contribution in [1.29, 1.82) is 0 Å². The minimum atomic E-state index is -0.271. The number of rotatable bonds is 4. The molecule has 0 bridgehead atoms. The minimum Gasteiger partial charge on any atom is -0.487 e. The van der Waals surface area contributed by atoms with Crippen LogP contribution < -0.4 is 10.1 Å². The molecule has 0 saturated carbocycles. The molecule has 0 atom stereocenters. The average molecular weight is 362 g/mol. The highest BCUT2D eigenvalue weighted by atomic mass is 19.1. The summed E-state index contributed by atoms with van der Waals surface area (Å²) in [5.74, 6) is 0.447. The molecule has 27 heavy (non-hydrogen) atoms. The summed E-state index contributed by atoms with van der Waals surface area (Å²) in [6.45, 7) is 2.46. The van der Waals surface area contributed by atoms with E-state index in [2.05, 4.69) is 10.3 Å². The van der Waals surface area contributed by atoms with E-state index in [4.69, 9.17) is 4.74 Å². The monoisotopic (exact) mass is 362 g/mol. The predicted octanol–water partition coefficient (Wildman–Crippen LogP) is 4.66. The average Bonchev–Trinajstić information content (AvgIpc) is 2.67. The number of pyridine rings is 1. The molecular weight excluding hydrogens is 343 g/mol. The van der Waals surface area contributed by atoms with Gasteiger partial charge >= 0.3 is 0 Å². The Labute approximate surface area is 157 Å². The Morgan fingerprint density at radius 3 is 2.81 bits per heavy atom. The molecule has 2 heterocycles. The number of carbonyl (C=O) groups is 1. The van der Waals surface area contributed by atoms with Crippen LogP contribution in [0.15, 0.2) is 54.9 Å². The molecule has 4 nitrogen and oxygen atoms in total. The topological polar surface area (TPSA) is 51.2 Å². The SMILES string of the molecule is Cc1cncc2c1-c1ccc(NC(=O)CCc3ccc(F)cc3)cc1CO2. The molecule has 1 amide bonds. The molecule has 0 saturated heterocycles. The second-order valence-corrected chi connectivity index (χ2v) is 6.66. The second-order valence-electron chi connectivity index (χ2n) is 6.66. The molecule has 5 heteroatoms. The molecule has 0 unspecified atom stereocenters. The summed E-state index contributed by atoms with van der Waals surface area (Å²) in [6.07, 6.45) is 4.46. The molecule has 0 aliphatic carbocycles. The summed E-state index contributed by atoms with van der Waals surface area (Å²) < 4.78 is 18.7. The lowest BCUT2D eigenvalue weighted by atomic mass is 9.94. The number of aromatic nitrogens is 1. The number of halogens is 1. The van der Waals surface area contributed by atoms with Crippen molar-refractivity contribution in [3.8, 4) is 16.9 Å². The summed E-state index contributed by atoms with van der Waals surface area (Å²) >= 11 is 0. The maximum Gasteiger partial charge on any atom is 0.224 e. The van der Waals surface area contributed by atoms with Crippen LogP contribution >= 0.6 is 0 Å². The van der Waals surface area contributed by atoms with Crippen LogP contribution in [0.5, 0.6) is 5.75 Å². The molecule has 0 fully saturated rings. The molecule has 2 aromatic carbocycles. The smallest absolute Gasteiger partial charge is 0.224 e. The summed E-state index contributed by atoms with van der Waals surface area (Å²) in [6, 6.07) is 12.1. The van der Waals surface area contributed by atoms with Crippen LogP contribution in [0, 0.1) is 12.7 Å². The number of anilines is 1. The number of nitrogens with zero attached hydrogens (tertiary/aromatic N) is 1. The van der Waals surface area contributed by atoms with Crippen LogP contribution in [0.4, 0.5) is 10.1 Å². The van der Waals surface area contributed by atoms with Crippen molar-refractivity contribution >= 4 is 11.6 Å². The lowest BCUT2D eigenvalue weighted by Gasteiger charge is -2.22. The van der Waals surface area contributed by atoms with Gasteiger partial charge in [0.2, 0.25) is 5.91 Å². The fraction of sp³-hybridized carbons (Fsp3) is 0.182. The van der Waals surface area contributed by atoms with Gasteiger partial charge in [0.15, 0.2) is 0 Å². The number of fused-ring (bicyclic) bond motifs is 3. The van der Waals surface area contributed by atoms with Gasteiger partial charge in [-0.2, -0.15) is 0 Å². The van der Waals surface area contributed by atoms with Gasteiger partial charge in [0, 0.05) is 23.9 Å². The van der Waals surface area contributed by atoms with E-state index >= 15 is 0 Å². The number of ether oxygens (including phenoxy) is 1. The zero-order chi connectivity index (χ0) is 18.8. The lowest BCUT2D eigenvalue weighted by Crippen LogP contribution is -2.13. The van der Waals surface area contributed by atoms with Gasteiger partial charge in [-0.1, -0.05) is 18.2 Å². The Morgan fingerprint density at radius 2 is 2.00 bits per heavy atom. The molecule has 3 aromatic rings. The van der Waals surface area contributed by atoms with E-state index in [0.29, 0.717) is 19.4 Å². The molecule has 1 aromatic heterocycles. The first-order chi connectivity index (χ1) is 13.1. The highest BCUT2D eigenvalue weighted by Crippen LogP contribution is 2.39. The third-order valence-electron chi connectivity index (χ3n) is 4.70. The Bertz CT molecular complexity index is 1000. The van der Waals surface area contributed by atoms with Crippen LogP contribution in [0.2, 0.25) is 0 Å². The molecule has 136 valence electrons. The Kier molecular flexibility index (Phi) is 4.59. The highest BCUT2D eigenvalue weighted by Gasteiger charge is 2.20. The molecule has 1 aliphatic heterocycles. The summed E-state index contributed by atoms with van der Waals surface area (Å²) in [4.78, 5) is 16.4. The van der Waals surface area contributed by atoms with E-state index in [1.807, 2.05) is 31.3 Å². The molecule has 0 spiro atoms. The first-order valence-corrected chi connectivity index (χ1v) is 8.85. The van der Waals surface area contributed by atoms with Crippen molar-refractivity contribution in [3.05, 3.63) is 77.4 Å². The van der Waals surface area contributed by atoms with Crippen LogP contribution in [-0.4, -0.2) is 10.9 Å². The van der Waals surface area contributed by atoms with E-state index in [9.17, 15) is 9.18 Å². The largest absolute Gasteiger partial charge is 0.487 e. The molecule has 0 radical (unpaired) electrons. The van der Waals surface area contributed by atoms with E-state index in [-0.39, 0.29) is 11.7 Å². The third kappa shape index (κ3) is 3.67. The van der Waals surface area contributed by atoms with Gasteiger partial charge < -0.3 is 10.1 Å². The first-order valence-electron chi connectivity index (χ1n) is 8.85. The fourth-order valence-corrected chi connectivity index (χ4v) is 3.32. The van der Waals surface area contributed by atoms with Crippen LogP contribution in [0.3, 0.4) is 0 Å².